The molecule has 1 fully saturated rings. The summed E-state index contributed by atoms with van der Waals surface area (Å²) in [5, 5.41) is 7.28. The summed E-state index contributed by atoms with van der Waals surface area (Å²) in [5.74, 6) is 0.864. The number of nitrogens with one attached hydrogen (secondary N) is 1. The molecule has 22 heavy (non-hydrogen) atoms. The molecule has 3 rings (SSSR count). The van der Waals surface area contributed by atoms with Crippen LogP contribution in [0, 0.1) is 5.92 Å². The van der Waals surface area contributed by atoms with Crippen molar-refractivity contribution in [2.24, 2.45) is 5.92 Å². The molecule has 1 N–H and O–H groups in total. The number of hydrogen-bond donors (Lipinski definition) is 1. The Morgan fingerprint density at radius 2 is 2.00 bits per heavy atom. The third-order valence-corrected chi connectivity index (χ3v) is 6.42. The molecule has 0 heterocycles. The molecule has 1 atom stereocenters. The van der Waals surface area contributed by atoms with Crippen LogP contribution in [0.3, 0.4) is 0 Å². The van der Waals surface area contributed by atoms with Crippen molar-refractivity contribution in [3.05, 3.63) is 41.4 Å². The summed E-state index contributed by atoms with van der Waals surface area (Å²) in [4.78, 5) is 1.32. The SMILES string of the molecule is CNCCC(Sc1cc(Cl)c2ccccc2c1)C1CCCC1. The van der Waals surface area contributed by atoms with Gasteiger partial charge in [0.25, 0.3) is 0 Å². The van der Waals surface area contributed by atoms with Gasteiger partial charge in [-0.2, -0.15) is 0 Å². The molecular formula is C19H24ClNS. The molecule has 2 aromatic carbocycles. The van der Waals surface area contributed by atoms with Crippen LogP contribution in [0.5, 0.6) is 0 Å². The lowest BCUT2D eigenvalue weighted by atomic mass is 10.0. The zero-order valence-corrected chi connectivity index (χ0v) is 14.7. The molecular weight excluding hydrogens is 310 g/mol. The first kappa shape index (κ1) is 16.2. The molecule has 0 aromatic heterocycles. The highest BCUT2D eigenvalue weighted by Gasteiger charge is 2.25. The highest BCUT2D eigenvalue weighted by atomic mass is 35.5. The Kier molecular flexibility index (Phi) is 5.67. The molecule has 118 valence electrons. The number of fused-ring (bicyclic) bond motifs is 1. The van der Waals surface area contributed by atoms with Gasteiger partial charge >= 0.3 is 0 Å². The number of benzene rings is 2. The molecule has 1 unspecified atom stereocenters. The topological polar surface area (TPSA) is 12.0 Å². The number of thioether (sulfide) groups is 1. The molecule has 1 aliphatic rings. The van der Waals surface area contributed by atoms with Gasteiger partial charge in [-0.15, -0.1) is 11.8 Å². The monoisotopic (exact) mass is 333 g/mol. The summed E-state index contributed by atoms with van der Waals surface area (Å²) in [6.07, 6.45) is 6.82. The molecule has 0 radical (unpaired) electrons. The molecule has 1 nitrogen and oxygen atoms in total. The fourth-order valence-electron chi connectivity index (χ4n) is 3.49. The van der Waals surface area contributed by atoms with Gasteiger partial charge in [-0.05, 0) is 56.3 Å². The Morgan fingerprint density at radius 3 is 2.77 bits per heavy atom. The highest BCUT2D eigenvalue weighted by molar-refractivity contribution is 8.00. The van der Waals surface area contributed by atoms with Gasteiger partial charge in [0.15, 0.2) is 0 Å². The van der Waals surface area contributed by atoms with Crippen LogP contribution in [-0.2, 0) is 0 Å². The molecule has 2 aromatic rings. The first-order chi connectivity index (χ1) is 10.8. The van der Waals surface area contributed by atoms with Crippen molar-refractivity contribution in [3.8, 4) is 0 Å². The first-order valence-electron chi connectivity index (χ1n) is 8.27. The average Bonchev–Trinajstić information content (AvgIpc) is 3.06. The van der Waals surface area contributed by atoms with Crippen LogP contribution in [0.1, 0.15) is 32.1 Å². The maximum atomic E-state index is 6.48. The molecule has 3 heteroatoms. The molecule has 1 saturated carbocycles. The fourth-order valence-corrected chi connectivity index (χ4v) is 5.27. The summed E-state index contributed by atoms with van der Waals surface area (Å²) < 4.78 is 0. The van der Waals surface area contributed by atoms with Crippen molar-refractivity contribution >= 4 is 34.1 Å². The summed E-state index contributed by atoms with van der Waals surface area (Å²) in [6, 6.07) is 12.8. The van der Waals surface area contributed by atoms with Crippen molar-refractivity contribution < 1.29 is 0 Å². The lowest BCUT2D eigenvalue weighted by Gasteiger charge is -2.23. The highest BCUT2D eigenvalue weighted by Crippen LogP contribution is 2.40. The van der Waals surface area contributed by atoms with Gasteiger partial charge in [-0.1, -0.05) is 48.7 Å². The molecule has 0 saturated heterocycles. The Balaban J connectivity index is 1.82. The minimum absolute atomic E-state index is 0.701. The van der Waals surface area contributed by atoms with Gasteiger partial charge < -0.3 is 5.32 Å². The Hall–Kier alpha value is -0.700. The molecule has 0 spiro atoms. The molecule has 1 aliphatic carbocycles. The zero-order chi connectivity index (χ0) is 15.4. The van der Waals surface area contributed by atoms with Crippen molar-refractivity contribution in [3.63, 3.8) is 0 Å². The second kappa shape index (κ2) is 7.72. The van der Waals surface area contributed by atoms with Gasteiger partial charge in [-0.25, -0.2) is 0 Å². The fraction of sp³-hybridized carbons (Fsp3) is 0.474. The minimum atomic E-state index is 0.701. The van der Waals surface area contributed by atoms with E-state index in [0.29, 0.717) is 5.25 Å². The van der Waals surface area contributed by atoms with Crippen molar-refractivity contribution in [1.82, 2.24) is 5.32 Å². The normalized spacial score (nSPS) is 17.2. The second-order valence-electron chi connectivity index (χ2n) is 6.22. The number of rotatable bonds is 6. The van der Waals surface area contributed by atoms with Crippen LogP contribution in [0.25, 0.3) is 10.8 Å². The Bertz CT molecular complexity index is 622. The van der Waals surface area contributed by atoms with E-state index in [0.717, 1.165) is 22.9 Å². The van der Waals surface area contributed by atoms with Crippen LogP contribution in [0.4, 0.5) is 0 Å². The van der Waals surface area contributed by atoms with E-state index in [1.165, 1.54) is 42.4 Å². The summed E-state index contributed by atoms with van der Waals surface area (Å²) in [6.45, 7) is 1.09. The smallest absolute Gasteiger partial charge is 0.0495 e. The third kappa shape index (κ3) is 3.79. The molecule has 0 amide bonds. The van der Waals surface area contributed by atoms with E-state index in [9.17, 15) is 0 Å². The van der Waals surface area contributed by atoms with E-state index in [1.807, 2.05) is 18.8 Å². The lowest BCUT2D eigenvalue weighted by Crippen LogP contribution is -2.20. The van der Waals surface area contributed by atoms with Crippen molar-refractivity contribution in [2.45, 2.75) is 42.2 Å². The maximum Gasteiger partial charge on any atom is 0.0495 e. The largest absolute Gasteiger partial charge is 0.320 e. The summed E-state index contributed by atoms with van der Waals surface area (Å²) >= 11 is 8.51. The average molecular weight is 334 g/mol. The van der Waals surface area contributed by atoms with E-state index in [2.05, 4.69) is 41.7 Å². The quantitative estimate of drug-likeness (QED) is 0.675. The summed E-state index contributed by atoms with van der Waals surface area (Å²) in [5.41, 5.74) is 0. The van der Waals surface area contributed by atoms with E-state index in [1.54, 1.807) is 0 Å². The van der Waals surface area contributed by atoms with E-state index in [4.69, 9.17) is 11.6 Å². The molecule has 0 bridgehead atoms. The second-order valence-corrected chi connectivity index (χ2v) is 7.94. The van der Waals surface area contributed by atoms with Gasteiger partial charge in [-0.3, -0.25) is 0 Å². The van der Waals surface area contributed by atoms with Crippen LogP contribution >= 0.6 is 23.4 Å². The molecule has 0 aliphatic heterocycles. The summed E-state index contributed by atoms with van der Waals surface area (Å²) in [7, 11) is 2.04. The van der Waals surface area contributed by atoms with Crippen LogP contribution in [0.15, 0.2) is 41.3 Å². The minimum Gasteiger partial charge on any atom is -0.320 e. The maximum absolute atomic E-state index is 6.48. The number of halogens is 1. The number of hydrogen-bond acceptors (Lipinski definition) is 2. The van der Waals surface area contributed by atoms with Gasteiger partial charge in [0.1, 0.15) is 0 Å². The van der Waals surface area contributed by atoms with E-state index < -0.39 is 0 Å². The third-order valence-electron chi connectivity index (χ3n) is 4.68. The van der Waals surface area contributed by atoms with Crippen molar-refractivity contribution in [2.75, 3.05) is 13.6 Å². The van der Waals surface area contributed by atoms with Crippen molar-refractivity contribution in [1.29, 1.82) is 0 Å². The predicted octanol–water partition coefficient (Wildman–Crippen LogP) is 5.75. The Morgan fingerprint density at radius 1 is 1.23 bits per heavy atom. The predicted molar refractivity (Wildman–Crippen MR) is 99.1 cm³/mol. The van der Waals surface area contributed by atoms with Gasteiger partial charge in [0.2, 0.25) is 0 Å². The first-order valence-corrected chi connectivity index (χ1v) is 9.53. The van der Waals surface area contributed by atoms with Gasteiger partial charge in [0, 0.05) is 20.6 Å². The standard InChI is InChI=1S/C19H24ClNS/c1-21-11-10-19(14-6-2-3-7-14)22-16-12-15-8-4-5-9-17(15)18(20)13-16/h4-5,8-9,12-14,19,21H,2-3,6-7,10-11H2,1H3. The van der Waals surface area contributed by atoms with Crippen LogP contribution in [-0.4, -0.2) is 18.8 Å². The lowest BCUT2D eigenvalue weighted by molar-refractivity contribution is 0.492. The van der Waals surface area contributed by atoms with Crippen LogP contribution < -0.4 is 5.32 Å². The van der Waals surface area contributed by atoms with E-state index >= 15 is 0 Å². The van der Waals surface area contributed by atoms with E-state index in [-0.39, 0.29) is 0 Å². The Labute approximate surface area is 142 Å². The van der Waals surface area contributed by atoms with Crippen LogP contribution in [0.2, 0.25) is 5.02 Å². The van der Waals surface area contributed by atoms with Gasteiger partial charge in [0.05, 0.1) is 0 Å². The zero-order valence-electron chi connectivity index (χ0n) is 13.1.